The predicted octanol–water partition coefficient (Wildman–Crippen LogP) is 3.88. The van der Waals surface area contributed by atoms with Gasteiger partial charge in [-0.25, -0.2) is 4.79 Å². The Bertz CT molecular complexity index is 1040. The lowest BCUT2D eigenvalue weighted by Gasteiger charge is -2.19. The minimum atomic E-state index is -0.997. The molecule has 0 aliphatic carbocycles. The molecule has 0 bridgehead atoms. The van der Waals surface area contributed by atoms with Gasteiger partial charge in [0.25, 0.3) is 0 Å². The Labute approximate surface area is 162 Å². The molecule has 1 aromatic heterocycles. The number of carboxylic acid groups (broad SMARTS) is 1. The number of amides is 2. The summed E-state index contributed by atoms with van der Waals surface area (Å²) in [6.45, 7) is 2.41. The van der Waals surface area contributed by atoms with E-state index in [1.807, 2.05) is 61.5 Å². The van der Waals surface area contributed by atoms with E-state index in [4.69, 9.17) is 0 Å². The van der Waals surface area contributed by atoms with Gasteiger partial charge in [0, 0.05) is 47.4 Å². The van der Waals surface area contributed by atoms with E-state index in [0.717, 1.165) is 22.0 Å². The quantitative estimate of drug-likeness (QED) is 0.728. The molecule has 2 aromatic carbocycles. The molecule has 1 saturated heterocycles. The minimum Gasteiger partial charge on any atom is -0.465 e. The Kier molecular flexibility index (Phi) is 4.69. The maximum absolute atomic E-state index is 13.1. The predicted molar refractivity (Wildman–Crippen MR) is 107 cm³/mol. The van der Waals surface area contributed by atoms with Gasteiger partial charge in [-0.1, -0.05) is 42.5 Å². The standard InChI is InChI=1S/C22H21N3O3/c1-14-10-17-16(11-23-14)8-5-9-20(17)24-21(26)19-13-25(22(27)28)12-18(19)15-6-3-2-4-7-15/h2-11,18-19H,12-13H2,1H3,(H,24,26)(H,27,28). The van der Waals surface area contributed by atoms with Crippen LogP contribution in [-0.4, -0.2) is 40.1 Å². The van der Waals surface area contributed by atoms with E-state index in [9.17, 15) is 14.7 Å². The van der Waals surface area contributed by atoms with Gasteiger partial charge in [-0.15, -0.1) is 0 Å². The second kappa shape index (κ2) is 7.31. The maximum Gasteiger partial charge on any atom is 0.407 e. The van der Waals surface area contributed by atoms with Gasteiger partial charge in [-0.3, -0.25) is 9.78 Å². The summed E-state index contributed by atoms with van der Waals surface area (Å²) in [5.41, 5.74) is 2.56. The van der Waals surface area contributed by atoms with E-state index >= 15 is 0 Å². The summed E-state index contributed by atoms with van der Waals surface area (Å²) in [6, 6.07) is 17.3. The van der Waals surface area contributed by atoms with Crippen molar-refractivity contribution in [3.63, 3.8) is 0 Å². The molecule has 2 N–H and O–H groups in total. The highest BCUT2D eigenvalue weighted by Crippen LogP contribution is 2.34. The van der Waals surface area contributed by atoms with Crippen LogP contribution < -0.4 is 5.32 Å². The van der Waals surface area contributed by atoms with Crippen molar-refractivity contribution in [3.8, 4) is 0 Å². The molecule has 1 aliphatic rings. The smallest absolute Gasteiger partial charge is 0.407 e. The molecule has 4 rings (SSSR count). The molecule has 3 aromatic rings. The van der Waals surface area contributed by atoms with Gasteiger partial charge in [0.1, 0.15) is 0 Å². The molecule has 6 nitrogen and oxygen atoms in total. The molecule has 0 saturated carbocycles. The summed E-state index contributed by atoms with van der Waals surface area (Å²) in [5.74, 6) is -0.785. The summed E-state index contributed by atoms with van der Waals surface area (Å²) in [6.07, 6.45) is 0.789. The molecular weight excluding hydrogens is 354 g/mol. The Morgan fingerprint density at radius 3 is 2.64 bits per heavy atom. The van der Waals surface area contributed by atoms with Crippen LogP contribution in [0.5, 0.6) is 0 Å². The Morgan fingerprint density at radius 2 is 1.89 bits per heavy atom. The zero-order valence-corrected chi connectivity index (χ0v) is 15.5. The van der Waals surface area contributed by atoms with E-state index < -0.39 is 12.0 Å². The molecule has 2 unspecified atom stereocenters. The van der Waals surface area contributed by atoms with Crippen LogP contribution in [0.25, 0.3) is 10.8 Å². The molecule has 2 amide bonds. The average molecular weight is 375 g/mol. The molecular formula is C22H21N3O3. The lowest BCUT2D eigenvalue weighted by molar-refractivity contribution is -0.119. The average Bonchev–Trinajstić information content (AvgIpc) is 3.15. The fourth-order valence-electron chi connectivity index (χ4n) is 3.87. The third-order valence-electron chi connectivity index (χ3n) is 5.31. The van der Waals surface area contributed by atoms with Crippen LogP contribution in [0.15, 0.2) is 60.8 Å². The summed E-state index contributed by atoms with van der Waals surface area (Å²) < 4.78 is 0. The van der Waals surface area contributed by atoms with Crippen molar-refractivity contribution in [1.29, 1.82) is 0 Å². The largest absolute Gasteiger partial charge is 0.465 e. The number of benzene rings is 2. The second-order valence-electron chi connectivity index (χ2n) is 7.15. The van der Waals surface area contributed by atoms with Gasteiger partial charge in [0.15, 0.2) is 0 Å². The summed E-state index contributed by atoms with van der Waals surface area (Å²) in [4.78, 5) is 30.3. The van der Waals surface area contributed by atoms with Crippen LogP contribution in [-0.2, 0) is 4.79 Å². The number of carbonyl (C=O) groups is 2. The Balaban J connectivity index is 1.64. The second-order valence-corrected chi connectivity index (χ2v) is 7.15. The van der Waals surface area contributed by atoms with E-state index in [0.29, 0.717) is 12.2 Å². The molecule has 1 aliphatic heterocycles. The van der Waals surface area contributed by atoms with Gasteiger partial charge in [-0.05, 0) is 24.6 Å². The SMILES string of the molecule is Cc1cc2c(NC(=O)C3CN(C(=O)O)CC3c3ccccc3)cccc2cn1. The van der Waals surface area contributed by atoms with E-state index in [1.54, 1.807) is 6.20 Å². The minimum absolute atomic E-state index is 0.167. The number of likely N-dealkylation sites (tertiary alicyclic amines) is 1. The third kappa shape index (κ3) is 3.41. The first-order chi connectivity index (χ1) is 13.5. The Morgan fingerprint density at radius 1 is 1.11 bits per heavy atom. The number of nitrogens with zero attached hydrogens (tertiary/aromatic N) is 2. The van der Waals surface area contributed by atoms with Crippen LogP contribution >= 0.6 is 0 Å². The molecule has 2 heterocycles. The van der Waals surface area contributed by atoms with Crippen LogP contribution in [0.2, 0.25) is 0 Å². The number of carbonyl (C=O) groups excluding carboxylic acids is 1. The van der Waals surface area contributed by atoms with E-state index in [-0.39, 0.29) is 18.4 Å². The number of pyridine rings is 1. The number of hydrogen-bond acceptors (Lipinski definition) is 3. The number of rotatable bonds is 3. The zero-order chi connectivity index (χ0) is 19.7. The molecule has 0 spiro atoms. The van der Waals surface area contributed by atoms with Crippen molar-refractivity contribution in [2.24, 2.45) is 5.92 Å². The highest BCUT2D eigenvalue weighted by atomic mass is 16.4. The topological polar surface area (TPSA) is 82.5 Å². The Hall–Kier alpha value is -3.41. The van der Waals surface area contributed by atoms with Crippen molar-refractivity contribution in [1.82, 2.24) is 9.88 Å². The monoisotopic (exact) mass is 375 g/mol. The molecule has 1 fully saturated rings. The van der Waals surface area contributed by atoms with Crippen LogP contribution in [0.1, 0.15) is 17.2 Å². The first kappa shape index (κ1) is 18.0. The van der Waals surface area contributed by atoms with Crippen LogP contribution in [0.3, 0.4) is 0 Å². The van der Waals surface area contributed by atoms with Crippen molar-refractivity contribution in [2.45, 2.75) is 12.8 Å². The summed E-state index contributed by atoms with van der Waals surface area (Å²) in [7, 11) is 0. The van der Waals surface area contributed by atoms with Gasteiger partial charge in [0.05, 0.1) is 5.92 Å². The lowest BCUT2D eigenvalue weighted by Crippen LogP contribution is -2.30. The van der Waals surface area contributed by atoms with E-state index in [2.05, 4.69) is 10.3 Å². The fourth-order valence-corrected chi connectivity index (χ4v) is 3.87. The summed E-state index contributed by atoms with van der Waals surface area (Å²) in [5, 5.41) is 14.3. The first-order valence-electron chi connectivity index (χ1n) is 9.22. The molecule has 6 heteroatoms. The summed E-state index contributed by atoms with van der Waals surface area (Å²) >= 11 is 0. The van der Waals surface area contributed by atoms with Crippen molar-refractivity contribution in [3.05, 3.63) is 72.1 Å². The fraction of sp³-hybridized carbons (Fsp3) is 0.227. The van der Waals surface area contributed by atoms with Gasteiger partial charge in [0.2, 0.25) is 5.91 Å². The number of hydrogen-bond donors (Lipinski definition) is 2. The molecule has 0 radical (unpaired) electrons. The van der Waals surface area contributed by atoms with Gasteiger partial charge in [-0.2, -0.15) is 0 Å². The number of aromatic nitrogens is 1. The van der Waals surface area contributed by atoms with Crippen LogP contribution in [0.4, 0.5) is 10.5 Å². The highest BCUT2D eigenvalue weighted by Gasteiger charge is 2.40. The van der Waals surface area contributed by atoms with E-state index in [1.165, 1.54) is 4.90 Å². The number of fused-ring (bicyclic) bond motifs is 1. The highest BCUT2D eigenvalue weighted by molar-refractivity contribution is 6.03. The molecule has 2 atom stereocenters. The number of anilines is 1. The normalized spacial score (nSPS) is 19.0. The van der Waals surface area contributed by atoms with Gasteiger partial charge >= 0.3 is 6.09 Å². The van der Waals surface area contributed by atoms with Crippen molar-refractivity contribution < 1.29 is 14.7 Å². The van der Waals surface area contributed by atoms with Crippen LogP contribution in [0, 0.1) is 12.8 Å². The number of aryl methyl sites for hydroxylation is 1. The molecule has 142 valence electrons. The van der Waals surface area contributed by atoms with Gasteiger partial charge < -0.3 is 15.3 Å². The third-order valence-corrected chi connectivity index (χ3v) is 5.31. The maximum atomic E-state index is 13.1. The number of nitrogens with one attached hydrogen (secondary N) is 1. The lowest BCUT2D eigenvalue weighted by atomic mass is 9.88. The van der Waals surface area contributed by atoms with Crippen molar-refractivity contribution >= 4 is 28.5 Å². The molecule has 28 heavy (non-hydrogen) atoms. The zero-order valence-electron chi connectivity index (χ0n) is 15.5. The van der Waals surface area contributed by atoms with Crippen molar-refractivity contribution in [2.75, 3.05) is 18.4 Å². The first-order valence-corrected chi connectivity index (χ1v) is 9.22.